The molecule has 0 aromatic heterocycles. The zero-order valence-electron chi connectivity index (χ0n) is 11.9. The highest BCUT2D eigenvalue weighted by molar-refractivity contribution is 7.89. The van der Waals surface area contributed by atoms with E-state index in [9.17, 15) is 8.42 Å². The molecule has 3 atom stereocenters. The maximum atomic E-state index is 12.5. The highest BCUT2D eigenvalue weighted by Crippen LogP contribution is 2.35. The molecule has 4 nitrogen and oxygen atoms in total. The number of sulfonamides is 1. The molecule has 0 aromatic rings. The van der Waals surface area contributed by atoms with Crippen molar-refractivity contribution >= 4 is 10.0 Å². The van der Waals surface area contributed by atoms with Crippen molar-refractivity contribution in [1.29, 1.82) is 0 Å². The van der Waals surface area contributed by atoms with Crippen LogP contribution in [0.2, 0.25) is 0 Å². The van der Waals surface area contributed by atoms with Gasteiger partial charge in [-0.2, -0.15) is 4.31 Å². The third-order valence-electron chi connectivity index (χ3n) is 4.14. The van der Waals surface area contributed by atoms with Crippen LogP contribution >= 0.6 is 0 Å². The van der Waals surface area contributed by atoms with Gasteiger partial charge in [0.1, 0.15) is 0 Å². The smallest absolute Gasteiger partial charge is 0.214 e. The van der Waals surface area contributed by atoms with E-state index >= 15 is 0 Å². The van der Waals surface area contributed by atoms with E-state index in [2.05, 4.69) is 26.1 Å². The normalized spacial score (nSPS) is 33.9. The Morgan fingerprint density at radius 3 is 2.56 bits per heavy atom. The number of nitrogens with one attached hydrogen (secondary N) is 1. The van der Waals surface area contributed by atoms with Crippen LogP contribution in [0.25, 0.3) is 0 Å². The summed E-state index contributed by atoms with van der Waals surface area (Å²) < 4.78 is 26.9. The van der Waals surface area contributed by atoms with Crippen molar-refractivity contribution in [3.63, 3.8) is 0 Å². The minimum atomic E-state index is -3.10. The van der Waals surface area contributed by atoms with Crippen molar-refractivity contribution in [3.8, 4) is 0 Å². The molecule has 2 heterocycles. The topological polar surface area (TPSA) is 49.4 Å². The van der Waals surface area contributed by atoms with Crippen LogP contribution in [0, 0.1) is 11.3 Å². The lowest BCUT2D eigenvalue weighted by atomic mass is 9.94. The zero-order valence-corrected chi connectivity index (χ0v) is 12.8. The van der Waals surface area contributed by atoms with Crippen molar-refractivity contribution in [2.45, 2.75) is 52.6 Å². The van der Waals surface area contributed by atoms with E-state index in [1.165, 1.54) is 0 Å². The molecular weight excluding hydrogens is 248 g/mol. The maximum Gasteiger partial charge on any atom is 0.214 e. The van der Waals surface area contributed by atoms with Crippen LogP contribution in [0.15, 0.2) is 0 Å². The number of hydrogen-bond acceptors (Lipinski definition) is 3. The number of nitrogens with zero attached hydrogens (tertiary/aromatic N) is 1. The molecule has 0 aliphatic carbocycles. The fraction of sp³-hybridized carbons (Fsp3) is 1.00. The SMILES string of the molecule is CC1CC2CNCC2N1S(=O)(=O)CCC(C)(C)C. The van der Waals surface area contributed by atoms with Crippen molar-refractivity contribution in [2.24, 2.45) is 11.3 Å². The van der Waals surface area contributed by atoms with Gasteiger partial charge < -0.3 is 5.32 Å². The molecule has 2 fully saturated rings. The summed E-state index contributed by atoms with van der Waals surface area (Å²) >= 11 is 0. The number of fused-ring (bicyclic) bond motifs is 1. The van der Waals surface area contributed by atoms with Gasteiger partial charge in [-0.05, 0) is 37.6 Å². The highest BCUT2D eigenvalue weighted by Gasteiger charge is 2.47. The minimum Gasteiger partial charge on any atom is -0.315 e. The lowest BCUT2D eigenvalue weighted by molar-refractivity contribution is 0.328. The Balaban J connectivity index is 2.09. The highest BCUT2D eigenvalue weighted by atomic mass is 32.2. The Bertz CT molecular complexity index is 400. The first kappa shape index (κ1) is 14.3. The molecule has 106 valence electrons. The van der Waals surface area contributed by atoms with Gasteiger partial charge in [0.25, 0.3) is 0 Å². The second-order valence-electron chi connectivity index (χ2n) is 7.03. The van der Waals surface area contributed by atoms with Crippen LogP contribution in [0.5, 0.6) is 0 Å². The van der Waals surface area contributed by atoms with E-state index in [0.29, 0.717) is 5.92 Å². The molecule has 2 rings (SSSR count). The first-order chi connectivity index (χ1) is 8.21. The second kappa shape index (κ2) is 4.76. The molecule has 18 heavy (non-hydrogen) atoms. The third kappa shape index (κ3) is 2.89. The molecule has 2 aliphatic rings. The summed E-state index contributed by atoms with van der Waals surface area (Å²) in [5.74, 6) is 0.800. The third-order valence-corrected chi connectivity index (χ3v) is 6.13. The number of hydrogen-bond donors (Lipinski definition) is 1. The summed E-state index contributed by atoms with van der Waals surface area (Å²) in [6, 6.07) is 0.372. The monoisotopic (exact) mass is 274 g/mol. The van der Waals surface area contributed by atoms with Crippen molar-refractivity contribution in [2.75, 3.05) is 18.8 Å². The van der Waals surface area contributed by atoms with Crippen LogP contribution in [-0.2, 0) is 10.0 Å². The van der Waals surface area contributed by atoms with E-state index in [1.807, 2.05) is 6.92 Å². The van der Waals surface area contributed by atoms with Crippen LogP contribution in [-0.4, -0.2) is 43.6 Å². The van der Waals surface area contributed by atoms with Gasteiger partial charge in [0.05, 0.1) is 5.75 Å². The molecule has 3 unspecified atom stereocenters. The van der Waals surface area contributed by atoms with Crippen molar-refractivity contribution in [3.05, 3.63) is 0 Å². The lowest BCUT2D eigenvalue weighted by Crippen LogP contribution is -2.44. The molecule has 0 aromatic carbocycles. The predicted molar refractivity (Wildman–Crippen MR) is 73.9 cm³/mol. The summed E-state index contributed by atoms with van der Waals surface area (Å²) in [6.45, 7) is 10.1. The molecule has 0 spiro atoms. The van der Waals surface area contributed by atoms with E-state index < -0.39 is 10.0 Å². The van der Waals surface area contributed by atoms with E-state index in [1.54, 1.807) is 4.31 Å². The Labute approximate surface area is 111 Å². The fourth-order valence-electron chi connectivity index (χ4n) is 3.15. The van der Waals surface area contributed by atoms with Gasteiger partial charge in [0, 0.05) is 18.6 Å². The molecule has 2 saturated heterocycles. The van der Waals surface area contributed by atoms with Crippen LogP contribution < -0.4 is 5.32 Å². The van der Waals surface area contributed by atoms with E-state index in [4.69, 9.17) is 0 Å². The predicted octanol–water partition coefficient (Wildman–Crippen LogP) is 1.43. The van der Waals surface area contributed by atoms with E-state index in [0.717, 1.165) is 25.9 Å². The Morgan fingerprint density at radius 1 is 1.28 bits per heavy atom. The van der Waals surface area contributed by atoms with Crippen molar-refractivity contribution < 1.29 is 8.42 Å². The number of rotatable bonds is 3. The van der Waals surface area contributed by atoms with Crippen LogP contribution in [0.3, 0.4) is 0 Å². The standard InChI is InChI=1S/C13H26N2O2S/c1-10-7-11-8-14-9-12(11)15(10)18(16,17)6-5-13(2,3)4/h10-12,14H,5-9H2,1-4H3. The Kier molecular flexibility index (Phi) is 3.78. The lowest BCUT2D eigenvalue weighted by Gasteiger charge is -2.28. The second-order valence-corrected chi connectivity index (χ2v) is 9.02. The molecule has 5 heteroatoms. The molecular formula is C13H26N2O2S. The van der Waals surface area contributed by atoms with Gasteiger partial charge in [0.15, 0.2) is 0 Å². The van der Waals surface area contributed by atoms with Gasteiger partial charge in [0.2, 0.25) is 10.0 Å². The fourth-order valence-corrected chi connectivity index (χ4v) is 5.52. The first-order valence-electron chi connectivity index (χ1n) is 6.93. The summed E-state index contributed by atoms with van der Waals surface area (Å²) in [6.07, 6.45) is 1.73. The van der Waals surface area contributed by atoms with Crippen LogP contribution in [0.1, 0.15) is 40.5 Å². The molecule has 0 bridgehead atoms. The van der Waals surface area contributed by atoms with Gasteiger partial charge in [-0.1, -0.05) is 20.8 Å². The molecule has 1 N–H and O–H groups in total. The van der Waals surface area contributed by atoms with Crippen LogP contribution in [0.4, 0.5) is 0 Å². The summed E-state index contributed by atoms with van der Waals surface area (Å²) in [5, 5.41) is 3.31. The summed E-state index contributed by atoms with van der Waals surface area (Å²) in [7, 11) is -3.10. The average Bonchev–Trinajstić information content (AvgIpc) is 2.72. The molecule has 0 saturated carbocycles. The summed E-state index contributed by atoms with van der Waals surface area (Å²) in [4.78, 5) is 0. The molecule has 0 radical (unpaired) electrons. The average molecular weight is 274 g/mol. The molecule has 0 amide bonds. The maximum absolute atomic E-state index is 12.5. The first-order valence-corrected chi connectivity index (χ1v) is 8.53. The quantitative estimate of drug-likeness (QED) is 0.847. The summed E-state index contributed by atoms with van der Waals surface area (Å²) in [5.41, 5.74) is 0.0728. The van der Waals surface area contributed by atoms with Gasteiger partial charge in [-0.15, -0.1) is 0 Å². The zero-order chi connectivity index (χ0) is 13.6. The van der Waals surface area contributed by atoms with E-state index in [-0.39, 0.29) is 23.3 Å². The largest absolute Gasteiger partial charge is 0.315 e. The Morgan fingerprint density at radius 2 is 1.94 bits per heavy atom. The van der Waals surface area contributed by atoms with Gasteiger partial charge in [-0.25, -0.2) is 8.42 Å². The Hall–Kier alpha value is -0.130. The van der Waals surface area contributed by atoms with Crippen molar-refractivity contribution in [1.82, 2.24) is 9.62 Å². The minimum absolute atomic E-state index is 0.0728. The molecule has 2 aliphatic heterocycles. The van der Waals surface area contributed by atoms with Gasteiger partial charge in [-0.3, -0.25) is 0 Å². The van der Waals surface area contributed by atoms with Gasteiger partial charge >= 0.3 is 0 Å².